The van der Waals surface area contributed by atoms with E-state index in [2.05, 4.69) is 10.1 Å². The van der Waals surface area contributed by atoms with Crippen LogP contribution in [0.2, 0.25) is 0 Å². The molecule has 0 radical (unpaired) electrons. The van der Waals surface area contributed by atoms with Crippen molar-refractivity contribution < 1.29 is 19.1 Å². The van der Waals surface area contributed by atoms with E-state index in [-0.39, 0.29) is 18.4 Å². The fourth-order valence-electron chi connectivity index (χ4n) is 1.44. The molecule has 0 aliphatic heterocycles. The molecule has 0 aliphatic carbocycles. The number of hydrogen-bond acceptors (Lipinski definition) is 4. The van der Waals surface area contributed by atoms with Crippen molar-refractivity contribution in [3.63, 3.8) is 0 Å². The van der Waals surface area contributed by atoms with E-state index in [0.717, 1.165) is 6.42 Å². The Hall–Kier alpha value is -1.31. The van der Waals surface area contributed by atoms with Crippen LogP contribution in [0.3, 0.4) is 0 Å². The van der Waals surface area contributed by atoms with Gasteiger partial charge in [-0.2, -0.15) is 0 Å². The van der Waals surface area contributed by atoms with Crippen LogP contribution in [0, 0.1) is 0 Å². The molecule has 0 saturated carbocycles. The van der Waals surface area contributed by atoms with Crippen LogP contribution in [-0.2, 0) is 9.53 Å². The van der Waals surface area contributed by atoms with Gasteiger partial charge in [-0.3, -0.25) is 9.59 Å². The number of hydrogen-bond donors (Lipinski definition) is 1. The summed E-state index contributed by atoms with van der Waals surface area (Å²) in [6.45, 7) is 2.86. The van der Waals surface area contributed by atoms with Gasteiger partial charge in [0.1, 0.15) is 9.67 Å². The maximum Gasteiger partial charge on any atom is 0.320 e. The Morgan fingerprint density at radius 2 is 2.15 bits per heavy atom. The van der Waals surface area contributed by atoms with Gasteiger partial charge < -0.3 is 14.8 Å². The van der Waals surface area contributed by atoms with Crippen LogP contribution in [0.1, 0.15) is 23.7 Å². The number of alkyl halides is 1. The first-order valence-electron chi connectivity index (χ1n) is 6.31. The van der Waals surface area contributed by atoms with Gasteiger partial charge in [-0.05, 0) is 24.6 Å². The number of methoxy groups -OCH3 is 1. The van der Waals surface area contributed by atoms with Crippen LogP contribution < -0.4 is 10.1 Å². The molecule has 0 saturated heterocycles. The number of esters is 1. The highest BCUT2D eigenvalue weighted by molar-refractivity contribution is 14.1. The van der Waals surface area contributed by atoms with Gasteiger partial charge in [0.25, 0.3) is 5.91 Å². The van der Waals surface area contributed by atoms with Crippen molar-refractivity contribution >= 4 is 34.5 Å². The molecule has 1 amide bonds. The molecule has 0 aromatic heterocycles. The molecule has 0 heterocycles. The van der Waals surface area contributed by atoms with Gasteiger partial charge in [0, 0.05) is 12.1 Å². The fourth-order valence-corrected chi connectivity index (χ4v) is 1.92. The van der Waals surface area contributed by atoms with Crippen LogP contribution in [0.5, 0.6) is 5.75 Å². The number of rotatable bonds is 7. The van der Waals surface area contributed by atoms with Crippen molar-refractivity contribution in [3.05, 3.63) is 29.8 Å². The van der Waals surface area contributed by atoms with E-state index in [9.17, 15) is 9.59 Å². The molecule has 5 nitrogen and oxygen atoms in total. The van der Waals surface area contributed by atoms with Crippen molar-refractivity contribution in [1.29, 1.82) is 0 Å². The van der Waals surface area contributed by atoms with Crippen molar-refractivity contribution in [2.75, 3.05) is 20.3 Å². The van der Waals surface area contributed by atoms with E-state index in [0.29, 0.717) is 17.9 Å². The Balaban J connectivity index is 2.56. The number of nitrogens with one attached hydrogen (secondary N) is 1. The standard InChI is InChI=1S/C14H18INO4/c1-3-7-20-11-6-4-5-10(8-11)13(17)16-9-12(15)14(18)19-2/h4-6,8,12H,3,7,9H2,1-2H3,(H,16,17). The predicted molar refractivity (Wildman–Crippen MR) is 84.4 cm³/mol. The smallest absolute Gasteiger partial charge is 0.320 e. The summed E-state index contributed by atoms with van der Waals surface area (Å²) in [6.07, 6.45) is 0.909. The molecule has 0 aliphatic rings. The second-order valence-corrected chi connectivity index (χ2v) is 5.58. The normalized spacial score (nSPS) is 11.6. The third-order valence-electron chi connectivity index (χ3n) is 2.47. The van der Waals surface area contributed by atoms with Gasteiger partial charge >= 0.3 is 5.97 Å². The zero-order valence-corrected chi connectivity index (χ0v) is 13.7. The highest BCUT2D eigenvalue weighted by atomic mass is 127. The zero-order valence-electron chi connectivity index (χ0n) is 11.5. The average molecular weight is 391 g/mol. The van der Waals surface area contributed by atoms with Crippen molar-refractivity contribution in [2.45, 2.75) is 17.3 Å². The van der Waals surface area contributed by atoms with Gasteiger partial charge in [0.2, 0.25) is 0 Å². The minimum Gasteiger partial charge on any atom is -0.494 e. The molecule has 0 fully saturated rings. The summed E-state index contributed by atoms with van der Waals surface area (Å²) in [6, 6.07) is 6.96. The minimum atomic E-state index is -0.402. The Bertz CT molecular complexity index is 464. The van der Waals surface area contributed by atoms with Gasteiger partial charge in [-0.25, -0.2) is 0 Å². The number of carbonyl (C=O) groups excluding carboxylic acids is 2. The predicted octanol–water partition coefficient (Wildman–Crippen LogP) is 2.18. The van der Waals surface area contributed by atoms with Crippen molar-refractivity contribution in [3.8, 4) is 5.75 Å². The monoisotopic (exact) mass is 391 g/mol. The van der Waals surface area contributed by atoms with Gasteiger partial charge in [0.15, 0.2) is 0 Å². The molecule has 1 aromatic carbocycles. The molecule has 6 heteroatoms. The molecule has 1 rings (SSSR count). The fraction of sp³-hybridized carbons (Fsp3) is 0.429. The third kappa shape index (κ3) is 5.36. The number of ether oxygens (including phenoxy) is 2. The Morgan fingerprint density at radius 3 is 2.80 bits per heavy atom. The summed E-state index contributed by atoms with van der Waals surface area (Å²) >= 11 is 1.93. The lowest BCUT2D eigenvalue weighted by molar-refractivity contribution is -0.139. The number of benzene rings is 1. The summed E-state index contributed by atoms with van der Waals surface area (Å²) in [4.78, 5) is 23.2. The highest BCUT2D eigenvalue weighted by Gasteiger charge is 2.16. The van der Waals surface area contributed by atoms with Crippen molar-refractivity contribution in [1.82, 2.24) is 5.32 Å². The maximum absolute atomic E-state index is 12.0. The number of carbonyl (C=O) groups is 2. The van der Waals surface area contributed by atoms with E-state index < -0.39 is 3.92 Å². The molecule has 1 N–H and O–H groups in total. The van der Waals surface area contributed by atoms with Crippen LogP contribution in [-0.4, -0.2) is 36.1 Å². The minimum absolute atomic E-state index is 0.228. The second kappa shape index (κ2) is 8.78. The SMILES string of the molecule is CCCOc1cccc(C(=O)NCC(I)C(=O)OC)c1. The van der Waals surface area contributed by atoms with Gasteiger partial charge in [0.05, 0.1) is 13.7 Å². The first-order chi connectivity index (χ1) is 9.58. The lowest BCUT2D eigenvalue weighted by Crippen LogP contribution is -2.33. The van der Waals surface area contributed by atoms with Gasteiger partial charge in [-0.15, -0.1) is 0 Å². The van der Waals surface area contributed by atoms with Crippen LogP contribution >= 0.6 is 22.6 Å². The second-order valence-electron chi connectivity index (χ2n) is 4.08. The largest absolute Gasteiger partial charge is 0.494 e. The molecule has 0 spiro atoms. The third-order valence-corrected chi connectivity index (χ3v) is 3.42. The molecule has 1 unspecified atom stereocenters. The lowest BCUT2D eigenvalue weighted by Gasteiger charge is -2.10. The Labute approximate surface area is 132 Å². The lowest BCUT2D eigenvalue weighted by atomic mass is 10.2. The molecule has 20 heavy (non-hydrogen) atoms. The maximum atomic E-state index is 12.0. The van der Waals surface area contributed by atoms with Crippen LogP contribution in [0.4, 0.5) is 0 Å². The topological polar surface area (TPSA) is 64.6 Å². The van der Waals surface area contributed by atoms with E-state index >= 15 is 0 Å². The molecular weight excluding hydrogens is 373 g/mol. The summed E-state index contributed by atoms with van der Waals surface area (Å²) in [5.41, 5.74) is 0.507. The Kier molecular flexibility index (Phi) is 7.35. The van der Waals surface area contributed by atoms with Crippen LogP contribution in [0.25, 0.3) is 0 Å². The molecule has 1 atom stereocenters. The number of halogens is 1. The van der Waals surface area contributed by atoms with E-state index in [1.165, 1.54) is 7.11 Å². The molecule has 1 aromatic rings. The quantitative estimate of drug-likeness (QED) is 0.440. The van der Waals surface area contributed by atoms with Gasteiger partial charge in [-0.1, -0.05) is 35.6 Å². The van der Waals surface area contributed by atoms with Crippen molar-refractivity contribution in [2.24, 2.45) is 0 Å². The zero-order chi connectivity index (χ0) is 15.0. The first-order valence-corrected chi connectivity index (χ1v) is 7.56. The summed E-state index contributed by atoms with van der Waals surface area (Å²) in [5, 5.41) is 2.69. The van der Waals surface area contributed by atoms with Crippen LogP contribution in [0.15, 0.2) is 24.3 Å². The highest BCUT2D eigenvalue weighted by Crippen LogP contribution is 2.13. The first kappa shape index (κ1) is 16.7. The molecular formula is C14H18INO4. The molecule has 110 valence electrons. The summed E-state index contributed by atoms with van der Waals surface area (Å²) in [5.74, 6) is 0.0712. The Morgan fingerprint density at radius 1 is 1.40 bits per heavy atom. The summed E-state index contributed by atoms with van der Waals surface area (Å²) < 4.78 is 9.67. The van der Waals surface area contributed by atoms with E-state index in [4.69, 9.17) is 4.74 Å². The number of amides is 1. The average Bonchev–Trinajstić information content (AvgIpc) is 2.49. The van der Waals surface area contributed by atoms with E-state index in [1.807, 2.05) is 35.6 Å². The molecule has 0 bridgehead atoms. The van der Waals surface area contributed by atoms with E-state index in [1.54, 1.807) is 18.2 Å². The summed E-state index contributed by atoms with van der Waals surface area (Å²) in [7, 11) is 1.32.